The summed E-state index contributed by atoms with van der Waals surface area (Å²) in [6.07, 6.45) is 4.91. The van der Waals surface area contributed by atoms with Crippen molar-refractivity contribution in [1.82, 2.24) is 24.5 Å². The van der Waals surface area contributed by atoms with Crippen LogP contribution in [-0.2, 0) is 12.2 Å². The molecule has 0 spiro atoms. The van der Waals surface area contributed by atoms with Crippen molar-refractivity contribution in [3.63, 3.8) is 0 Å². The van der Waals surface area contributed by atoms with Crippen molar-refractivity contribution in [1.29, 1.82) is 0 Å². The molecular formula is C19H17N5O3. The van der Waals surface area contributed by atoms with Crippen molar-refractivity contribution < 1.29 is 14.1 Å². The number of fused-ring (bicyclic) bond motifs is 2. The molecule has 0 radical (unpaired) electrons. The van der Waals surface area contributed by atoms with Gasteiger partial charge in [-0.15, -0.1) is 0 Å². The monoisotopic (exact) mass is 363 g/mol. The molecule has 5 heterocycles. The molecular weight excluding hydrogens is 346 g/mol. The Balaban J connectivity index is 1.70. The van der Waals surface area contributed by atoms with Gasteiger partial charge in [0.15, 0.2) is 5.66 Å². The van der Waals surface area contributed by atoms with E-state index >= 15 is 0 Å². The number of hydrogen-bond donors (Lipinski definition) is 0. The maximum atomic E-state index is 13.4. The van der Waals surface area contributed by atoms with E-state index in [1.165, 1.54) is 6.26 Å². The molecule has 2 aliphatic heterocycles. The second-order valence-electron chi connectivity index (χ2n) is 6.78. The molecule has 3 aromatic rings. The second kappa shape index (κ2) is 5.54. The number of carbonyl (C=O) groups is 2. The average molecular weight is 363 g/mol. The van der Waals surface area contributed by atoms with Crippen LogP contribution in [0.5, 0.6) is 0 Å². The van der Waals surface area contributed by atoms with Crippen LogP contribution in [0.2, 0.25) is 0 Å². The molecule has 1 fully saturated rings. The fraction of sp³-hybridized carbons (Fsp3) is 0.263. The Kier molecular flexibility index (Phi) is 3.24. The van der Waals surface area contributed by atoms with Crippen LogP contribution < -0.4 is 0 Å². The third-order valence-electron chi connectivity index (χ3n) is 5.43. The highest BCUT2D eigenvalue weighted by atomic mass is 16.5. The second-order valence-corrected chi connectivity index (χ2v) is 6.78. The van der Waals surface area contributed by atoms with Gasteiger partial charge in [-0.3, -0.25) is 14.6 Å². The van der Waals surface area contributed by atoms with Crippen LogP contribution in [0.4, 0.5) is 0 Å². The Hall–Kier alpha value is -3.42. The maximum absolute atomic E-state index is 13.4. The van der Waals surface area contributed by atoms with Crippen molar-refractivity contribution in [2.24, 2.45) is 0 Å². The Morgan fingerprint density at radius 3 is 2.85 bits per heavy atom. The Bertz CT molecular complexity index is 1040. The van der Waals surface area contributed by atoms with Crippen LogP contribution in [-0.4, -0.2) is 49.4 Å². The molecule has 3 aromatic heterocycles. The molecule has 0 saturated carbocycles. The SMILES string of the molecule is Cc1nocc1C(=O)N1CCN2C(=O)c3cccn3CC12c1ccccn1. The zero-order valence-corrected chi connectivity index (χ0v) is 14.7. The summed E-state index contributed by atoms with van der Waals surface area (Å²) in [7, 11) is 0. The van der Waals surface area contributed by atoms with Crippen molar-refractivity contribution >= 4 is 11.8 Å². The first-order valence-corrected chi connectivity index (χ1v) is 8.74. The predicted molar refractivity (Wildman–Crippen MR) is 93.7 cm³/mol. The number of aromatic nitrogens is 3. The van der Waals surface area contributed by atoms with E-state index in [-0.39, 0.29) is 11.8 Å². The molecule has 2 amide bonds. The van der Waals surface area contributed by atoms with Gasteiger partial charge in [0.2, 0.25) is 0 Å². The van der Waals surface area contributed by atoms with E-state index in [4.69, 9.17) is 4.52 Å². The van der Waals surface area contributed by atoms with Crippen molar-refractivity contribution in [3.05, 3.63) is 71.6 Å². The van der Waals surface area contributed by atoms with Gasteiger partial charge >= 0.3 is 0 Å². The molecule has 27 heavy (non-hydrogen) atoms. The highest BCUT2D eigenvalue weighted by Gasteiger charge is 2.57. The number of rotatable bonds is 2. The first-order chi connectivity index (χ1) is 13.1. The molecule has 1 atom stereocenters. The topological polar surface area (TPSA) is 84.5 Å². The molecule has 0 aromatic carbocycles. The minimum atomic E-state index is -0.981. The average Bonchev–Trinajstić information content (AvgIpc) is 3.40. The molecule has 0 aliphatic carbocycles. The molecule has 1 saturated heterocycles. The smallest absolute Gasteiger partial charge is 0.272 e. The molecule has 1 unspecified atom stereocenters. The van der Waals surface area contributed by atoms with Crippen LogP contribution in [0.25, 0.3) is 0 Å². The van der Waals surface area contributed by atoms with Gasteiger partial charge in [0.1, 0.15) is 17.5 Å². The normalized spacial score (nSPS) is 21.3. The van der Waals surface area contributed by atoms with Crippen LogP contribution in [0, 0.1) is 6.92 Å². The number of carbonyl (C=O) groups excluding carboxylic acids is 2. The molecule has 0 N–H and O–H groups in total. The summed E-state index contributed by atoms with van der Waals surface area (Å²) in [5.74, 6) is -0.320. The summed E-state index contributed by atoms with van der Waals surface area (Å²) in [5.41, 5.74) is 1.23. The predicted octanol–water partition coefficient (Wildman–Crippen LogP) is 1.64. The number of hydrogen-bond acceptors (Lipinski definition) is 5. The Morgan fingerprint density at radius 1 is 1.22 bits per heavy atom. The zero-order valence-electron chi connectivity index (χ0n) is 14.7. The Morgan fingerprint density at radius 2 is 2.11 bits per heavy atom. The number of amides is 2. The lowest BCUT2D eigenvalue weighted by atomic mass is 9.98. The van der Waals surface area contributed by atoms with Crippen molar-refractivity contribution in [2.75, 3.05) is 13.1 Å². The zero-order chi connectivity index (χ0) is 18.6. The first kappa shape index (κ1) is 15.8. The molecule has 5 rings (SSSR count). The quantitative estimate of drug-likeness (QED) is 0.691. The fourth-order valence-corrected chi connectivity index (χ4v) is 4.15. The van der Waals surface area contributed by atoms with E-state index < -0.39 is 5.66 Å². The van der Waals surface area contributed by atoms with Gasteiger partial charge < -0.3 is 18.9 Å². The van der Waals surface area contributed by atoms with E-state index in [1.54, 1.807) is 29.0 Å². The van der Waals surface area contributed by atoms with E-state index in [9.17, 15) is 9.59 Å². The van der Waals surface area contributed by atoms with Gasteiger partial charge in [0.05, 0.1) is 17.9 Å². The molecule has 8 nitrogen and oxygen atoms in total. The lowest BCUT2D eigenvalue weighted by Gasteiger charge is -2.46. The fourth-order valence-electron chi connectivity index (χ4n) is 4.15. The number of aryl methyl sites for hydroxylation is 1. The number of nitrogens with zero attached hydrogens (tertiary/aromatic N) is 5. The summed E-state index contributed by atoms with van der Waals surface area (Å²) in [6.45, 7) is 3.01. The largest absolute Gasteiger partial charge is 0.364 e. The van der Waals surface area contributed by atoms with Crippen LogP contribution in [0.15, 0.2) is 53.5 Å². The third kappa shape index (κ3) is 2.03. The highest BCUT2D eigenvalue weighted by molar-refractivity contribution is 5.98. The van der Waals surface area contributed by atoms with Crippen LogP contribution in [0.3, 0.4) is 0 Å². The summed E-state index contributed by atoms with van der Waals surface area (Å²) < 4.78 is 6.86. The Labute approximate surface area is 155 Å². The lowest BCUT2D eigenvalue weighted by Crippen LogP contribution is -2.60. The van der Waals surface area contributed by atoms with E-state index in [1.807, 2.05) is 35.0 Å². The van der Waals surface area contributed by atoms with Gasteiger partial charge in [-0.1, -0.05) is 11.2 Å². The minimum absolute atomic E-state index is 0.103. The van der Waals surface area contributed by atoms with Gasteiger partial charge in [-0.2, -0.15) is 0 Å². The van der Waals surface area contributed by atoms with Crippen molar-refractivity contribution in [3.8, 4) is 0 Å². The summed E-state index contributed by atoms with van der Waals surface area (Å²) in [6, 6.07) is 9.20. The van der Waals surface area contributed by atoms with Gasteiger partial charge in [-0.05, 0) is 31.2 Å². The minimum Gasteiger partial charge on any atom is -0.364 e. The van der Waals surface area contributed by atoms with Crippen molar-refractivity contribution in [2.45, 2.75) is 19.1 Å². The molecule has 2 aliphatic rings. The molecule has 8 heteroatoms. The van der Waals surface area contributed by atoms with Crippen LogP contribution in [0.1, 0.15) is 32.2 Å². The first-order valence-electron chi connectivity index (χ1n) is 8.74. The molecule has 136 valence electrons. The maximum Gasteiger partial charge on any atom is 0.272 e. The highest BCUT2D eigenvalue weighted by Crippen LogP contribution is 2.42. The lowest BCUT2D eigenvalue weighted by molar-refractivity contribution is -0.00828. The molecule has 0 bridgehead atoms. The summed E-state index contributed by atoms with van der Waals surface area (Å²) >= 11 is 0. The van der Waals surface area contributed by atoms with E-state index in [0.717, 1.165) is 0 Å². The third-order valence-corrected chi connectivity index (χ3v) is 5.43. The van der Waals surface area contributed by atoms with Gasteiger partial charge in [0.25, 0.3) is 11.8 Å². The van der Waals surface area contributed by atoms with E-state index in [2.05, 4.69) is 10.1 Å². The summed E-state index contributed by atoms with van der Waals surface area (Å²) in [5, 5.41) is 3.83. The van der Waals surface area contributed by atoms with E-state index in [0.29, 0.717) is 42.3 Å². The summed E-state index contributed by atoms with van der Waals surface area (Å²) in [4.78, 5) is 34.5. The van der Waals surface area contributed by atoms with Gasteiger partial charge in [0, 0.05) is 25.5 Å². The van der Waals surface area contributed by atoms with Gasteiger partial charge in [-0.25, -0.2) is 0 Å². The standard InChI is InChI=1S/C19H17N5O3/c1-13-14(11-27-21-13)17(25)23-9-10-24-18(26)15-5-4-8-22(15)12-19(23,24)16-6-2-3-7-20-16/h2-8,11H,9-10,12H2,1H3. The number of pyridine rings is 1. The van der Waals surface area contributed by atoms with Crippen LogP contribution >= 0.6 is 0 Å².